The summed E-state index contributed by atoms with van der Waals surface area (Å²) < 4.78 is 44.1. The highest BCUT2D eigenvalue weighted by Gasteiger charge is 2.30. The van der Waals surface area contributed by atoms with Gasteiger partial charge in [0.15, 0.2) is 11.7 Å². The fourth-order valence-corrected chi connectivity index (χ4v) is 2.79. The Morgan fingerprint density at radius 2 is 2.10 bits per heavy atom. The van der Waals surface area contributed by atoms with E-state index in [9.17, 15) is 13.2 Å². The highest BCUT2D eigenvalue weighted by molar-refractivity contribution is 5.80. The molecule has 0 saturated heterocycles. The third-order valence-corrected chi connectivity index (χ3v) is 4.30. The minimum atomic E-state index is -4.38. The number of halogens is 3. The van der Waals surface area contributed by atoms with E-state index in [0.29, 0.717) is 48.4 Å². The molecule has 0 aliphatic carbocycles. The van der Waals surface area contributed by atoms with E-state index >= 15 is 0 Å². The first-order valence-corrected chi connectivity index (χ1v) is 9.54. The number of hydrogen-bond acceptors (Lipinski definition) is 4. The first-order chi connectivity index (χ1) is 14.4. The molecule has 3 N–H and O–H groups in total. The van der Waals surface area contributed by atoms with Gasteiger partial charge in [-0.25, -0.2) is 4.98 Å². The van der Waals surface area contributed by atoms with Gasteiger partial charge in [-0.2, -0.15) is 18.3 Å². The predicted octanol–water partition coefficient (Wildman–Crippen LogP) is 3.94. The van der Waals surface area contributed by atoms with Crippen LogP contribution in [0.15, 0.2) is 52.1 Å². The maximum atomic E-state index is 13.0. The summed E-state index contributed by atoms with van der Waals surface area (Å²) in [5.74, 6) is 2.22. The van der Waals surface area contributed by atoms with Gasteiger partial charge >= 0.3 is 6.18 Å². The van der Waals surface area contributed by atoms with E-state index in [-0.39, 0.29) is 6.04 Å². The third-order valence-electron chi connectivity index (χ3n) is 4.30. The third kappa shape index (κ3) is 5.62. The van der Waals surface area contributed by atoms with Gasteiger partial charge in [0.2, 0.25) is 5.82 Å². The molecule has 1 aromatic carbocycles. The van der Waals surface area contributed by atoms with Crippen molar-refractivity contribution in [1.29, 1.82) is 0 Å². The Hall–Kier alpha value is -3.30. The molecule has 3 aromatic rings. The quantitative estimate of drug-likeness (QED) is 0.398. The zero-order chi connectivity index (χ0) is 21.6. The molecule has 0 radical (unpaired) electrons. The molecule has 30 heavy (non-hydrogen) atoms. The van der Waals surface area contributed by atoms with Crippen LogP contribution in [0.1, 0.15) is 36.8 Å². The van der Waals surface area contributed by atoms with E-state index in [4.69, 9.17) is 4.42 Å². The summed E-state index contributed by atoms with van der Waals surface area (Å²) in [6.07, 6.45) is -2.31. The number of alkyl halides is 3. The molecule has 160 valence electrons. The first kappa shape index (κ1) is 21.4. The number of benzene rings is 1. The van der Waals surface area contributed by atoms with Crippen molar-refractivity contribution < 1.29 is 17.6 Å². The van der Waals surface area contributed by atoms with Gasteiger partial charge in [-0.1, -0.05) is 12.1 Å². The smallest absolute Gasteiger partial charge is 0.416 e. The van der Waals surface area contributed by atoms with Crippen LogP contribution in [0.5, 0.6) is 0 Å². The number of aliphatic imine (C=N–C) groups is 1. The Kier molecular flexibility index (Phi) is 6.76. The lowest BCUT2D eigenvalue weighted by Gasteiger charge is -2.19. The normalized spacial score (nSPS) is 13.3. The summed E-state index contributed by atoms with van der Waals surface area (Å²) in [5.41, 5.74) is -0.151. The molecule has 10 heteroatoms. The molecule has 0 saturated carbocycles. The summed E-state index contributed by atoms with van der Waals surface area (Å²) in [5, 5.41) is 13.2. The van der Waals surface area contributed by atoms with Crippen LogP contribution in [0, 0.1) is 0 Å². The average molecular weight is 420 g/mol. The van der Waals surface area contributed by atoms with Crippen molar-refractivity contribution in [3.8, 4) is 11.6 Å². The Labute approximate surface area is 171 Å². The maximum Gasteiger partial charge on any atom is 0.416 e. The number of H-pyrrole nitrogens is 1. The largest absolute Gasteiger partial charge is 0.461 e. The molecule has 7 nitrogen and oxygen atoms in total. The number of guanidine groups is 1. The van der Waals surface area contributed by atoms with Crippen molar-refractivity contribution in [2.24, 2.45) is 4.99 Å². The number of hydrogen-bond donors (Lipinski definition) is 3. The lowest BCUT2D eigenvalue weighted by atomic mass is 10.1. The Balaban J connectivity index is 1.62. The van der Waals surface area contributed by atoms with Gasteiger partial charge in [0, 0.05) is 19.5 Å². The second kappa shape index (κ2) is 9.47. The van der Waals surface area contributed by atoms with Gasteiger partial charge in [0.1, 0.15) is 5.82 Å². The van der Waals surface area contributed by atoms with Crippen LogP contribution in [0.25, 0.3) is 11.6 Å². The van der Waals surface area contributed by atoms with Crippen LogP contribution in [0.4, 0.5) is 13.2 Å². The van der Waals surface area contributed by atoms with Crippen LogP contribution in [-0.2, 0) is 12.6 Å². The van der Waals surface area contributed by atoms with E-state index in [1.807, 2.05) is 6.92 Å². The van der Waals surface area contributed by atoms with Gasteiger partial charge in [-0.3, -0.25) is 10.1 Å². The van der Waals surface area contributed by atoms with Crippen molar-refractivity contribution in [3.63, 3.8) is 0 Å². The standard InChI is InChI=1S/C20H23F3N6O/c1-3-24-19(26-13(2)14-6-4-7-15(12-14)20(21,22)23)25-10-9-17-27-18(29-28-17)16-8-5-11-30-16/h4-8,11-13H,3,9-10H2,1-2H3,(H2,24,25,26)(H,27,28,29). The minimum Gasteiger partial charge on any atom is -0.461 e. The minimum absolute atomic E-state index is 0.360. The Morgan fingerprint density at radius 1 is 1.27 bits per heavy atom. The number of nitrogens with zero attached hydrogens (tertiary/aromatic N) is 3. The first-order valence-electron chi connectivity index (χ1n) is 9.54. The Morgan fingerprint density at radius 3 is 2.80 bits per heavy atom. The molecule has 2 heterocycles. The summed E-state index contributed by atoms with van der Waals surface area (Å²) in [6.45, 7) is 4.73. The van der Waals surface area contributed by atoms with E-state index in [0.717, 1.165) is 12.1 Å². The van der Waals surface area contributed by atoms with Crippen LogP contribution >= 0.6 is 0 Å². The lowest BCUT2D eigenvalue weighted by Crippen LogP contribution is -2.39. The fraction of sp³-hybridized carbons (Fsp3) is 0.350. The highest BCUT2D eigenvalue weighted by atomic mass is 19.4. The molecule has 0 aliphatic rings. The second-order valence-electron chi connectivity index (χ2n) is 6.58. The van der Waals surface area contributed by atoms with Crippen LogP contribution in [-0.4, -0.2) is 34.2 Å². The summed E-state index contributed by atoms with van der Waals surface area (Å²) in [7, 11) is 0. The number of rotatable bonds is 7. The number of nitrogens with one attached hydrogen (secondary N) is 3. The molecule has 0 aliphatic heterocycles. The Bertz CT molecular complexity index is 965. The van der Waals surface area contributed by atoms with Crippen molar-refractivity contribution in [2.75, 3.05) is 13.1 Å². The van der Waals surface area contributed by atoms with Crippen molar-refractivity contribution >= 4 is 5.96 Å². The molecule has 0 amide bonds. The molecule has 1 unspecified atom stereocenters. The van der Waals surface area contributed by atoms with Gasteiger partial charge in [0.05, 0.1) is 17.9 Å². The lowest BCUT2D eigenvalue weighted by molar-refractivity contribution is -0.137. The van der Waals surface area contributed by atoms with Gasteiger partial charge in [-0.15, -0.1) is 0 Å². The number of aromatic amines is 1. The number of furan rings is 1. The molecule has 2 aromatic heterocycles. The molecule has 0 bridgehead atoms. The monoisotopic (exact) mass is 420 g/mol. The maximum absolute atomic E-state index is 13.0. The summed E-state index contributed by atoms with van der Waals surface area (Å²) in [4.78, 5) is 8.84. The van der Waals surface area contributed by atoms with E-state index < -0.39 is 11.7 Å². The highest BCUT2D eigenvalue weighted by Crippen LogP contribution is 2.30. The van der Waals surface area contributed by atoms with Crippen molar-refractivity contribution in [3.05, 3.63) is 59.6 Å². The molecule has 3 rings (SSSR count). The van der Waals surface area contributed by atoms with Crippen molar-refractivity contribution in [1.82, 2.24) is 25.8 Å². The topological polar surface area (TPSA) is 91.1 Å². The summed E-state index contributed by atoms with van der Waals surface area (Å²) in [6, 6.07) is 8.43. The molecule has 0 fully saturated rings. The van der Waals surface area contributed by atoms with Crippen molar-refractivity contribution in [2.45, 2.75) is 32.5 Å². The van der Waals surface area contributed by atoms with Crippen LogP contribution in [0.2, 0.25) is 0 Å². The zero-order valence-corrected chi connectivity index (χ0v) is 16.6. The van der Waals surface area contributed by atoms with Crippen LogP contribution in [0.3, 0.4) is 0 Å². The average Bonchev–Trinajstić information content (AvgIpc) is 3.39. The van der Waals surface area contributed by atoms with E-state index in [1.165, 1.54) is 6.07 Å². The zero-order valence-electron chi connectivity index (χ0n) is 16.6. The van der Waals surface area contributed by atoms with E-state index in [2.05, 4.69) is 30.8 Å². The predicted molar refractivity (Wildman–Crippen MR) is 107 cm³/mol. The molecule has 1 atom stereocenters. The SMILES string of the molecule is CCNC(=NCCc1nc(-c2ccco2)n[nH]1)NC(C)c1cccc(C(F)(F)F)c1. The molecular formula is C20H23F3N6O. The number of aromatic nitrogens is 3. The van der Waals surface area contributed by atoms with Gasteiger partial charge < -0.3 is 15.1 Å². The van der Waals surface area contributed by atoms with E-state index in [1.54, 1.807) is 31.4 Å². The van der Waals surface area contributed by atoms with Gasteiger partial charge in [-0.05, 0) is 43.7 Å². The second-order valence-corrected chi connectivity index (χ2v) is 6.58. The molecular weight excluding hydrogens is 397 g/mol. The summed E-state index contributed by atoms with van der Waals surface area (Å²) >= 11 is 0. The molecule has 0 spiro atoms. The van der Waals surface area contributed by atoms with Gasteiger partial charge in [0.25, 0.3) is 0 Å². The van der Waals surface area contributed by atoms with Crippen LogP contribution < -0.4 is 10.6 Å². The fourth-order valence-electron chi connectivity index (χ4n) is 2.79.